The summed E-state index contributed by atoms with van der Waals surface area (Å²) in [4.78, 5) is 17.2. The Bertz CT molecular complexity index is 983. The molecule has 0 aliphatic carbocycles. The number of carbonyl (C=O) groups excluding carboxylic acids is 1. The second-order valence-corrected chi connectivity index (χ2v) is 6.92. The number of nitrogens with one attached hydrogen (secondary N) is 2. The number of amides is 1. The number of hydrogen-bond donors (Lipinski definition) is 2. The molecule has 146 valence electrons. The lowest BCUT2D eigenvalue weighted by molar-refractivity contribution is 0.0940. The molecular formula is C22H24ClN3O2. The van der Waals surface area contributed by atoms with Crippen LogP contribution in [0.2, 0.25) is 0 Å². The van der Waals surface area contributed by atoms with Crippen LogP contribution >= 0.6 is 12.4 Å². The van der Waals surface area contributed by atoms with E-state index in [1.54, 1.807) is 7.11 Å². The molecule has 0 spiro atoms. The Morgan fingerprint density at radius 1 is 1.21 bits per heavy atom. The number of ether oxygens (including phenoxy) is 1. The van der Waals surface area contributed by atoms with E-state index >= 15 is 0 Å². The average Bonchev–Trinajstić information content (AvgIpc) is 3.20. The zero-order chi connectivity index (χ0) is 18.8. The van der Waals surface area contributed by atoms with Crippen molar-refractivity contribution in [3.05, 3.63) is 59.7 Å². The van der Waals surface area contributed by atoms with Gasteiger partial charge in [-0.1, -0.05) is 24.3 Å². The van der Waals surface area contributed by atoms with Gasteiger partial charge in [0.05, 0.1) is 12.8 Å². The lowest BCUT2D eigenvalue weighted by Gasteiger charge is -2.12. The van der Waals surface area contributed by atoms with Crippen LogP contribution < -0.4 is 15.4 Å². The van der Waals surface area contributed by atoms with Crippen molar-refractivity contribution >= 4 is 29.2 Å². The van der Waals surface area contributed by atoms with Gasteiger partial charge in [0.1, 0.15) is 11.3 Å². The fourth-order valence-electron chi connectivity index (χ4n) is 3.54. The Balaban J connectivity index is 0.00000225. The molecule has 6 heteroatoms. The molecule has 1 aliphatic heterocycles. The van der Waals surface area contributed by atoms with Crippen LogP contribution in [0.15, 0.2) is 48.5 Å². The summed E-state index contributed by atoms with van der Waals surface area (Å²) in [5.74, 6) is 0.734. The van der Waals surface area contributed by atoms with Crippen LogP contribution in [0, 0.1) is 6.92 Å². The zero-order valence-electron chi connectivity index (χ0n) is 16.0. The summed E-state index contributed by atoms with van der Waals surface area (Å²) in [6, 6.07) is 15.8. The minimum absolute atomic E-state index is 0. The Morgan fingerprint density at radius 2 is 2.00 bits per heavy atom. The van der Waals surface area contributed by atoms with Crippen molar-refractivity contribution in [3.8, 4) is 17.0 Å². The van der Waals surface area contributed by atoms with Crippen molar-refractivity contribution in [1.29, 1.82) is 0 Å². The van der Waals surface area contributed by atoms with Crippen molar-refractivity contribution in [3.63, 3.8) is 0 Å². The van der Waals surface area contributed by atoms with Crippen molar-refractivity contribution in [2.75, 3.05) is 20.2 Å². The Morgan fingerprint density at radius 3 is 2.68 bits per heavy atom. The van der Waals surface area contributed by atoms with Gasteiger partial charge in [-0.05, 0) is 49.7 Å². The SMILES string of the molecule is COc1cccc2c(C)cc(-c3ccc(C(=O)NC4CCNC4)cc3)nc12.Cl. The molecule has 1 amide bonds. The van der Waals surface area contributed by atoms with Gasteiger partial charge in [-0.3, -0.25) is 4.79 Å². The third-order valence-corrected chi connectivity index (χ3v) is 5.07. The van der Waals surface area contributed by atoms with Crippen molar-refractivity contribution < 1.29 is 9.53 Å². The van der Waals surface area contributed by atoms with Gasteiger partial charge >= 0.3 is 0 Å². The molecule has 1 fully saturated rings. The lowest BCUT2D eigenvalue weighted by Crippen LogP contribution is -2.36. The van der Waals surface area contributed by atoms with Crippen LogP contribution in [0.4, 0.5) is 0 Å². The average molecular weight is 398 g/mol. The third kappa shape index (κ3) is 3.96. The Hall–Kier alpha value is -2.63. The first-order valence-corrected chi connectivity index (χ1v) is 9.22. The number of para-hydroxylation sites is 1. The maximum atomic E-state index is 12.4. The van der Waals surface area contributed by atoms with Crippen molar-refractivity contribution in [2.24, 2.45) is 0 Å². The topological polar surface area (TPSA) is 63.2 Å². The highest BCUT2D eigenvalue weighted by molar-refractivity contribution is 5.95. The predicted molar refractivity (Wildman–Crippen MR) is 114 cm³/mol. The number of aryl methyl sites for hydroxylation is 1. The summed E-state index contributed by atoms with van der Waals surface area (Å²) >= 11 is 0. The number of aromatic nitrogens is 1. The van der Waals surface area contributed by atoms with Gasteiger partial charge in [-0.2, -0.15) is 0 Å². The molecule has 1 atom stereocenters. The largest absolute Gasteiger partial charge is 0.494 e. The number of halogens is 1. The summed E-state index contributed by atoms with van der Waals surface area (Å²) in [6.07, 6.45) is 0.978. The minimum atomic E-state index is -0.0282. The summed E-state index contributed by atoms with van der Waals surface area (Å²) in [7, 11) is 1.66. The van der Waals surface area contributed by atoms with Crippen molar-refractivity contribution in [1.82, 2.24) is 15.6 Å². The first-order chi connectivity index (χ1) is 13.2. The quantitative estimate of drug-likeness (QED) is 0.704. The normalized spacial score (nSPS) is 15.9. The second-order valence-electron chi connectivity index (χ2n) is 6.92. The molecule has 1 unspecified atom stereocenters. The molecule has 5 nitrogen and oxygen atoms in total. The van der Waals surface area contributed by atoms with Gasteiger partial charge < -0.3 is 15.4 Å². The molecular weight excluding hydrogens is 374 g/mol. The number of fused-ring (bicyclic) bond motifs is 1. The predicted octanol–water partition coefficient (Wildman–Crippen LogP) is 3.73. The van der Waals surface area contributed by atoms with Crippen LogP contribution in [0.1, 0.15) is 22.3 Å². The van der Waals surface area contributed by atoms with Crippen LogP contribution in [0.5, 0.6) is 5.75 Å². The van der Waals surface area contributed by atoms with Gasteiger partial charge in [-0.15, -0.1) is 12.4 Å². The maximum Gasteiger partial charge on any atom is 0.251 e. The highest BCUT2D eigenvalue weighted by Gasteiger charge is 2.17. The summed E-state index contributed by atoms with van der Waals surface area (Å²) in [5, 5.41) is 7.41. The molecule has 3 aromatic rings. The minimum Gasteiger partial charge on any atom is -0.494 e. The first-order valence-electron chi connectivity index (χ1n) is 9.22. The van der Waals surface area contributed by atoms with Gasteiger partial charge in [0.2, 0.25) is 0 Å². The second kappa shape index (κ2) is 8.59. The van der Waals surface area contributed by atoms with Crippen LogP contribution in [0.3, 0.4) is 0 Å². The van der Waals surface area contributed by atoms with E-state index in [1.807, 2.05) is 36.4 Å². The highest BCUT2D eigenvalue weighted by atomic mass is 35.5. The molecule has 1 aromatic heterocycles. The summed E-state index contributed by atoms with van der Waals surface area (Å²) < 4.78 is 5.47. The molecule has 28 heavy (non-hydrogen) atoms. The molecule has 1 saturated heterocycles. The van der Waals surface area contributed by atoms with E-state index < -0.39 is 0 Å². The third-order valence-electron chi connectivity index (χ3n) is 5.07. The monoisotopic (exact) mass is 397 g/mol. The van der Waals surface area contributed by atoms with Gasteiger partial charge in [0.15, 0.2) is 0 Å². The van der Waals surface area contributed by atoms with E-state index in [1.165, 1.54) is 0 Å². The van der Waals surface area contributed by atoms with Gasteiger partial charge in [0.25, 0.3) is 5.91 Å². The molecule has 0 radical (unpaired) electrons. The summed E-state index contributed by atoms with van der Waals surface area (Å²) in [6.45, 7) is 3.87. The number of benzene rings is 2. The van der Waals surface area contributed by atoms with Crippen molar-refractivity contribution in [2.45, 2.75) is 19.4 Å². The molecule has 2 N–H and O–H groups in total. The van der Waals surface area contributed by atoms with E-state index in [0.717, 1.165) is 53.0 Å². The van der Waals surface area contributed by atoms with E-state index in [-0.39, 0.29) is 24.4 Å². The fraction of sp³-hybridized carbons (Fsp3) is 0.273. The molecule has 1 aliphatic rings. The molecule has 0 saturated carbocycles. The number of hydrogen-bond acceptors (Lipinski definition) is 4. The number of pyridine rings is 1. The van der Waals surface area contributed by atoms with Crippen LogP contribution in [0.25, 0.3) is 22.2 Å². The lowest BCUT2D eigenvalue weighted by atomic mass is 10.0. The van der Waals surface area contributed by atoms with Gasteiger partial charge in [0, 0.05) is 29.1 Å². The number of methoxy groups -OCH3 is 1. The standard InChI is InChI=1S/C22H23N3O2.ClH/c1-14-12-19(25-21-18(14)4-3-5-20(21)27-2)15-6-8-16(9-7-15)22(26)24-17-10-11-23-13-17;/h3-9,12,17,23H,10-11,13H2,1-2H3,(H,24,26);1H. The maximum absolute atomic E-state index is 12.4. The van der Waals surface area contributed by atoms with Crippen LogP contribution in [-0.2, 0) is 0 Å². The zero-order valence-corrected chi connectivity index (χ0v) is 16.8. The first kappa shape index (κ1) is 20.1. The molecule has 2 aromatic carbocycles. The van der Waals surface area contributed by atoms with Gasteiger partial charge in [-0.25, -0.2) is 4.98 Å². The number of rotatable bonds is 4. The Labute approximate surface area is 170 Å². The van der Waals surface area contributed by atoms with Crippen LogP contribution in [-0.4, -0.2) is 37.1 Å². The highest BCUT2D eigenvalue weighted by Crippen LogP contribution is 2.30. The Kier molecular flexibility index (Phi) is 6.17. The fourth-order valence-corrected chi connectivity index (χ4v) is 3.54. The smallest absolute Gasteiger partial charge is 0.251 e. The molecule has 4 rings (SSSR count). The van der Waals surface area contributed by atoms with E-state index in [2.05, 4.69) is 29.7 Å². The number of carbonyl (C=O) groups is 1. The molecule has 0 bridgehead atoms. The van der Waals surface area contributed by atoms with E-state index in [9.17, 15) is 4.79 Å². The van der Waals surface area contributed by atoms with E-state index in [0.29, 0.717) is 5.56 Å². The molecule has 2 heterocycles. The number of nitrogens with zero attached hydrogens (tertiary/aromatic N) is 1. The summed E-state index contributed by atoms with van der Waals surface area (Å²) in [5.41, 5.74) is 4.51. The van der Waals surface area contributed by atoms with E-state index in [4.69, 9.17) is 9.72 Å².